The Labute approximate surface area is 109 Å². The molecule has 0 bridgehead atoms. The van der Waals surface area contributed by atoms with Gasteiger partial charge in [0, 0.05) is 13.6 Å². The van der Waals surface area contributed by atoms with Gasteiger partial charge in [-0.3, -0.25) is 0 Å². The maximum absolute atomic E-state index is 11.9. The van der Waals surface area contributed by atoms with Gasteiger partial charge in [0.05, 0.1) is 12.9 Å². The summed E-state index contributed by atoms with van der Waals surface area (Å²) in [6.07, 6.45) is 0.477. The average molecular weight is 272 g/mol. The van der Waals surface area contributed by atoms with Crippen LogP contribution in [0.25, 0.3) is 0 Å². The Morgan fingerprint density at radius 1 is 1.39 bits per heavy atom. The molecule has 0 aliphatic carbocycles. The molecule has 0 fully saturated rings. The number of methoxy groups -OCH3 is 1. The van der Waals surface area contributed by atoms with Crippen molar-refractivity contribution >= 4 is 10.0 Å². The smallest absolute Gasteiger partial charge is 0.214 e. The fourth-order valence-electron chi connectivity index (χ4n) is 1.55. The van der Waals surface area contributed by atoms with Crippen molar-refractivity contribution in [1.29, 1.82) is 0 Å². The molecule has 1 aromatic rings. The van der Waals surface area contributed by atoms with Crippen molar-refractivity contribution in [2.24, 2.45) is 5.73 Å². The summed E-state index contributed by atoms with van der Waals surface area (Å²) >= 11 is 0. The SMILES string of the molecule is COc1cccc(CN(C)S(=O)(=O)CCCN)c1. The quantitative estimate of drug-likeness (QED) is 0.797. The first kappa shape index (κ1) is 14.9. The molecule has 0 amide bonds. The minimum absolute atomic E-state index is 0.0873. The third kappa shape index (κ3) is 4.29. The highest BCUT2D eigenvalue weighted by molar-refractivity contribution is 7.89. The first-order valence-corrected chi connectivity index (χ1v) is 7.37. The third-order valence-electron chi connectivity index (χ3n) is 2.62. The Morgan fingerprint density at radius 3 is 2.72 bits per heavy atom. The summed E-state index contributed by atoms with van der Waals surface area (Å²) in [6.45, 7) is 0.719. The van der Waals surface area contributed by atoms with Crippen LogP contribution in [0, 0.1) is 0 Å². The van der Waals surface area contributed by atoms with Crippen molar-refractivity contribution < 1.29 is 13.2 Å². The summed E-state index contributed by atoms with van der Waals surface area (Å²) in [7, 11) is -0.0688. The van der Waals surface area contributed by atoms with Gasteiger partial charge in [-0.1, -0.05) is 12.1 Å². The van der Waals surface area contributed by atoms with Gasteiger partial charge in [-0.2, -0.15) is 0 Å². The van der Waals surface area contributed by atoms with E-state index in [0.29, 0.717) is 19.5 Å². The molecule has 0 saturated heterocycles. The van der Waals surface area contributed by atoms with E-state index >= 15 is 0 Å². The van der Waals surface area contributed by atoms with Crippen LogP contribution < -0.4 is 10.5 Å². The number of nitrogens with two attached hydrogens (primary N) is 1. The maximum Gasteiger partial charge on any atom is 0.214 e. The van der Waals surface area contributed by atoms with Gasteiger partial charge >= 0.3 is 0 Å². The molecule has 102 valence electrons. The molecule has 0 saturated carbocycles. The minimum atomic E-state index is -3.23. The molecule has 0 spiro atoms. The Kier molecular flexibility index (Phi) is 5.58. The molecule has 6 heteroatoms. The van der Waals surface area contributed by atoms with Gasteiger partial charge in [-0.05, 0) is 30.7 Å². The van der Waals surface area contributed by atoms with Crippen molar-refractivity contribution in [1.82, 2.24) is 4.31 Å². The molecule has 2 N–H and O–H groups in total. The number of nitrogens with zero attached hydrogens (tertiary/aromatic N) is 1. The molecule has 1 aromatic carbocycles. The lowest BCUT2D eigenvalue weighted by Gasteiger charge is -2.17. The molecular weight excluding hydrogens is 252 g/mol. The zero-order valence-electron chi connectivity index (χ0n) is 10.8. The lowest BCUT2D eigenvalue weighted by Crippen LogP contribution is -2.29. The van der Waals surface area contributed by atoms with Crippen LogP contribution in [0.5, 0.6) is 5.75 Å². The Morgan fingerprint density at radius 2 is 2.11 bits per heavy atom. The van der Waals surface area contributed by atoms with Crippen LogP contribution >= 0.6 is 0 Å². The molecule has 0 aliphatic rings. The van der Waals surface area contributed by atoms with E-state index in [4.69, 9.17) is 10.5 Å². The molecule has 0 heterocycles. The number of sulfonamides is 1. The van der Waals surface area contributed by atoms with Gasteiger partial charge < -0.3 is 10.5 Å². The molecule has 0 unspecified atom stereocenters. The van der Waals surface area contributed by atoms with E-state index < -0.39 is 10.0 Å². The summed E-state index contributed by atoms with van der Waals surface area (Å²) < 4.78 is 30.2. The van der Waals surface area contributed by atoms with Crippen molar-refractivity contribution in [3.63, 3.8) is 0 Å². The van der Waals surface area contributed by atoms with Crippen LogP contribution in [0.15, 0.2) is 24.3 Å². The molecule has 1 rings (SSSR count). The second-order valence-electron chi connectivity index (χ2n) is 4.07. The summed E-state index contributed by atoms with van der Waals surface area (Å²) in [5.41, 5.74) is 6.22. The Balaban J connectivity index is 2.71. The van der Waals surface area contributed by atoms with Crippen LogP contribution in [-0.4, -0.2) is 39.2 Å². The number of ether oxygens (including phenoxy) is 1. The van der Waals surface area contributed by atoms with Gasteiger partial charge in [0.15, 0.2) is 0 Å². The van der Waals surface area contributed by atoms with Gasteiger partial charge in [0.1, 0.15) is 5.75 Å². The topological polar surface area (TPSA) is 72.6 Å². The first-order chi connectivity index (χ1) is 8.49. The molecule has 5 nitrogen and oxygen atoms in total. The van der Waals surface area contributed by atoms with E-state index in [1.54, 1.807) is 14.2 Å². The van der Waals surface area contributed by atoms with Crippen LogP contribution in [0.1, 0.15) is 12.0 Å². The van der Waals surface area contributed by atoms with Crippen LogP contribution in [0.4, 0.5) is 0 Å². The third-order valence-corrected chi connectivity index (χ3v) is 4.50. The predicted octanol–water partition coefficient (Wildman–Crippen LogP) is 0.806. The van der Waals surface area contributed by atoms with E-state index in [1.807, 2.05) is 24.3 Å². The number of benzene rings is 1. The average Bonchev–Trinajstić information content (AvgIpc) is 2.36. The lowest BCUT2D eigenvalue weighted by molar-refractivity contribution is 0.412. The van der Waals surface area contributed by atoms with Crippen molar-refractivity contribution in [2.75, 3.05) is 26.5 Å². The van der Waals surface area contributed by atoms with E-state index in [2.05, 4.69) is 0 Å². The normalized spacial score (nSPS) is 11.8. The molecule has 0 atom stereocenters. The first-order valence-electron chi connectivity index (χ1n) is 5.76. The summed E-state index contributed by atoms with van der Waals surface area (Å²) in [6, 6.07) is 7.37. The van der Waals surface area contributed by atoms with E-state index in [-0.39, 0.29) is 5.75 Å². The molecule has 0 radical (unpaired) electrons. The highest BCUT2D eigenvalue weighted by Gasteiger charge is 2.17. The van der Waals surface area contributed by atoms with Crippen LogP contribution in [0.3, 0.4) is 0 Å². The summed E-state index contributed by atoms with van der Waals surface area (Å²) in [5.74, 6) is 0.810. The van der Waals surface area contributed by atoms with Crippen molar-refractivity contribution in [2.45, 2.75) is 13.0 Å². The summed E-state index contributed by atoms with van der Waals surface area (Å²) in [5, 5.41) is 0. The van der Waals surface area contributed by atoms with Crippen LogP contribution in [0.2, 0.25) is 0 Å². The maximum atomic E-state index is 11.9. The molecular formula is C12H20N2O3S. The zero-order valence-corrected chi connectivity index (χ0v) is 11.6. The number of hydrogen-bond donors (Lipinski definition) is 1. The number of rotatable bonds is 7. The second-order valence-corrected chi connectivity index (χ2v) is 6.26. The second kappa shape index (κ2) is 6.72. The van der Waals surface area contributed by atoms with Crippen molar-refractivity contribution in [3.8, 4) is 5.75 Å². The van der Waals surface area contributed by atoms with E-state index in [1.165, 1.54) is 4.31 Å². The fourth-order valence-corrected chi connectivity index (χ4v) is 2.74. The van der Waals surface area contributed by atoms with Gasteiger partial charge in [0.25, 0.3) is 0 Å². The predicted molar refractivity (Wildman–Crippen MR) is 71.9 cm³/mol. The lowest BCUT2D eigenvalue weighted by atomic mass is 10.2. The van der Waals surface area contributed by atoms with Crippen LogP contribution in [-0.2, 0) is 16.6 Å². The van der Waals surface area contributed by atoms with E-state index in [0.717, 1.165) is 11.3 Å². The Bertz CT molecular complexity index is 474. The largest absolute Gasteiger partial charge is 0.497 e. The Hall–Kier alpha value is -1.11. The van der Waals surface area contributed by atoms with Gasteiger partial charge in [0.2, 0.25) is 10.0 Å². The monoisotopic (exact) mass is 272 g/mol. The molecule has 18 heavy (non-hydrogen) atoms. The molecule has 0 aromatic heterocycles. The molecule has 0 aliphatic heterocycles. The summed E-state index contributed by atoms with van der Waals surface area (Å²) in [4.78, 5) is 0. The van der Waals surface area contributed by atoms with Crippen molar-refractivity contribution in [3.05, 3.63) is 29.8 Å². The zero-order chi connectivity index (χ0) is 13.6. The van der Waals surface area contributed by atoms with E-state index in [9.17, 15) is 8.42 Å². The van der Waals surface area contributed by atoms with Gasteiger partial charge in [-0.25, -0.2) is 12.7 Å². The van der Waals surface area contributed by atoms with Gasteiger partial charge in [-0.15, -0.1) is 0 Å². The fraction of sp³-hybridized carbons (Fsp3) is 0.500. The number of hydrogen-bond acceptors (Lipinski definition) is 4. The highest BCUT2D eigenvalue weighted by atomic mass is 32.2. The highest BCUT2D eigenvalue weighted by Crippen LogP contribution is 2.15. The minimum Gasteiger partial charge on any atom is -0.497 e. The standard InChI is InChI=1S/C12H20N2O3S/c1-14(18(15,16)8-4-7-13)10-11-5-3-6-12(9-11)17-2/h3,5-6,9H,4,7-8,10,13H2,1-2H3.